The van der Waals surface area contributed by atoms with Gasteiger partial charge in [-0.1, -0.05) is 17.7 Å². The first-order chi connectivity index (χ1) is 11.5. The number of hydrogen-bond acceptors (Lipinski definition) is 4. The van der Waals surface area contributed by atoms with Crippen molar-refractivity contribution < 1.29 is 9.53 Å². The Balaban J connectivity index is 1.80. The van der Waals surface area contributed by atoms with Gasteiger partial charge < -0.3 is 10.1 Å². The number of anilines is 1. The molecule has 3 rings (SSSR count). The molecular formula is C17H14ClN3O3. The summed E-state index contributed by atoms with van der Waals surface area (Å²) in [5.74, 6) is 0.411. The number of nitrogens with zero attached hydrogens (tertiary/aromatic N) is 2. The molecule has 7 heteroatoms. The van der Waals surface area contributed by atoms with Crippen molar-refractivity contribution in [2.75, 3.05) is 5.32 Å². The molecule has 0 aliphatic rings. The quantitative estimate of drug-likeness (QED) is 0.790. The van der Waals surface area contributed by atoms with E-state index in [9.17, 15) is 9.59 Å². The van der Waals surface area contributed by atoms with Crippen LogP contribution in [0.25, 0.3) is 5.65 Å². The normalized spacial score (nSPS) is 10.6. The fourth-order valence-electron chi connectivity index (χ4n) is 2.22. The second-order valence-electron chi connectivity index (χ2n) is 5.16. The third-order valence-corrected chi connectivity index (χ3v) is 3.44. The van der Waals surface area contributed by atoms with E-state index in [4.69, 9.17) is 16.3 Å². The van der Waals surface area contributed by atoms with Gasteiger partial charge in [0.15, 0.2) is 0 Å². The van der Waals surface area contributed by atoms with Crippen molar-refractivity contribution in [1.29, 1.82) is 0 Å². The molecule has 1 N–H and O–H groups in total. The molecule has 0 saturated heterocycles. The van der Waals surface area contributed by atoms with Gasteiger partial charge in [-0.15, -0.1) is 0 Å². The van der Waals surface area contributed by atoms with E-state index in [-0.39, 0.29) is 18.1 Å². The molecule has 1 amide bonds. The average molecular weight is 344 g/mol. The third-order valence-electron chi connectivity index (χ3n) is 3.22. The largest absolute Gasteiger partial charge is 0.487 e. The molecule has 0 atom stereocenters. The minimum atomic E-state index is -0.229. The fourth-order valence-corrected chi connectivity index (χ4v) is 2.38. The lowest BCUT2D eigenvalue weighted by molar-refractivity contribution is -0.114. The van der Waals surface area contributed by atoms with Crippen LogP contribution in [0, 0.1) is 0 Å². The molecule has 0 unspecified atom stereocenters. The van der Waals surface area contributed by atoms with Crippen molar-refractivity contribution in [2.45, 2.75) is 13.5 Å². The van der Waals surface area contributed by atoms with Gasteiger partial charge in [-0.3, -0.25) is 14.0 Å². The molecule has 2 aromatic heterocycles. The van der Waals surface area contributed by atoms with E-state index in [1.165, 1.54) is 23.6 Å². The van der Waals surface area contributed by atoms with E-state index in [2.05, 4.69) is 10.3 Å². The van der Waals surface area contributed by atoms with Gasteiger partial charge in [0.25, 0.3) is 5.56 Å². The molecule has 0 aliphatic heterocycles. The maximum Gasteiger partial charge on any atom is 0.258 e. The minimum Gasteiger partial charge on any atom is -0.487 e. The summed E-state index contributed by atoms with van der Waals surface area (Å²) in [5.41, 5.74) is 1.42. The average Bonchev–Trinajstić information content (AvgIpc) is 2.53. The van der Waals surface area contributed by atoms with Gasteiger partial charge in [0.05, 0.1) is 10.7 Å². The number of aromatic nitrogens is 2. The van der Waals surface area contributed by atoms with Crippen molar-refractivity contribution in [2.24, 2.45) is 0 Å². The van der Waals surface area contributed by atoms with Gasteiger partial charge in [0, 0.05) is 30.9 Å². The number of hydrogen-bond donors (Lipinski definition) is 1. The number of pyridine rings is 1. The van der Waals surface area contributed by atoms with E-state index < -0.39 is 0 Å². The van der Waals surface area contributed by atoms with Crippen LogP contribution >= 0.6 is 11.6 Å². The Hall–Kier alpha value is -2.86. The van der Waals surface area contributed by atoms with Crippen molar-refractivity contribution in [1.82, 2.24) is 9.38 Å². The van der Waals surface area contributed by atoms with E-state index in [0.29, 0.717) is 27.8 Å². The summed E-state index contributed by atoms with van der Waals surface area (Å²) in [6.45, 7) is 1.57. The standard InChI is InChI=1S/C17H14ClN3O3/c1-11(22)19-13-3-2-4-15(7-13)24-10-14-8-17(23)21-9-12(18)5-6-16(21)20-14/h2-9H,10H2,1H3,(H,19,22). The van der Waals surface area contributed by atoms with Crippen molar-refractivity contribution in [3.05, 3.63) is 69.7 Å². The molecule has 0 radical (unpaired) electrons. The molecular weight excluding hydrogens is 330 g/mol. The highest BCUT2D eigenvalue weighted by atomic mass is 35.5. The number of amides is 1. The predicted octanol–water partition coefficient (Wildman–Crippen LogP) is 2.89. The summed E-state index contributed by atoms with van der Waals surface area (Å²) >= 11 is 5.88. The number of carbonyl (C=O) groups excluding carboxylic acids is 1. The SMILES string of the molecule is CC(=O)Nc1cccc(OCc2cc(=O)n3cc(Cl)ccc3n2)c1. The zero-order valence-corrected chi connectivity index (χ0v) is 13.6. The lowest BCUT2D eigenvalue weighted by atomic mass is 10.3. The molecule has 24 heavy (non-hydrogen) atoms. The van der Waals surface area contributed by atoms with Crippen LogP contribution in [0.1, 0.15) is 12.6 Å². The molecule has 0 bridgehead atoms. The third kappa shape index (κ3) is 3.72. The Labute approximate surface area is 142 Å². The van der Waals surface area contributed by atoms with Crippen LogP contribution < -0.4 is 15.6 Å². The monoisotopic (exact) mass is 343 g/mol. The summed E-state index contributed by atoms with van der Waals surface area (Å²) in [7, 11) is 0. The van der Waals surface area contributed by atoms with E-state index >= 15 is 0 Å². The molecule has 3 aromatic rings. The molecule has 122 valence electrons. The molecule has 0 saturated carbocycles. The Kier molecular flexibility index (Phi) is 4.48. The molecule has 2 heterocycles. The Morgan fingerprint density at radius 1 is 1.29 bits per heavy atom. The molecule has 6 nitrogen and oxygen atoms in total. The van der Waals surface area contributed by atoms with Gasteiger partial charge in [-0.05, 0) is 24.3 Å². The van der Waals surface area contributed by atoms with E-state index in [1.54, 1.807) is 36.4 Å². The van der Waals surface area contributed by atoms with Crippen LogP contribution in [-0.4, -0.2) is 15.3 Å². The summed E-state index contributed by atoms with van der Waals surface area (Å²) in [5, 5.41) is 3.14. The van der Waals surface area contributed by atoms with Gasteiger partial charge in [0.2, 0.25) is 5.91 Å². The minimum absolute atomic E-state index is 0.137. The van der Waals surface area contributed by atoms with Crippen LogP contribution in [0.15, 0.2) is 53.5 Å². The topological polar surface area (TPSA) is 72.7 Å². The molecule has 0 fully saturated rings. The van der Waals surface area contributed by atoms with E-state index in [0.717, 1.165) is 0 Å². The molecule has 0 aliphatic carbocycles. The molecule has 1 aromatic carbocycles. The van der Waals surface area contributed by atoms with Crippen molar-refractivity contribution in [3.63, 3.8) is 0 Å². The number of carbonyl (C=O) groups is 1. The number of ether oxygens (including phenoxy) is 1. The highest BCUT2D eigenvalue weighted by Crippen LogP contribution is 2.18. The van der Waals surface area contributed by atoms with Crippen LogP contribution in [0.2, 0.25) is 5.02 Å². The highest BCUT2D eigenvalue weighted by Gasteiger charge is 2.05. The number of benzene rings is 1. The first-order valence-corrected chi connectivity index (χ1v) is 7.57. The smallest absolute Gasteiger partial charge is 0.258 e. The summed E-state index contributed by atoms with van der Waals surface area (Å²) in [6.07, 6.45) is 1.52. The summed E-state index contributed by atoms with van der Waals surface area (Å²) < 4.78 is 7.03. The highest BCUT2D eigenvalue weighted by molar-refractivity contribution is 6.30. The second kappa shape index (κ2) is 6.72. The predicted molar refractivity (Wildman–Crippen MR) is 91.5 cm³/mol. The summed E-state index contributed by atoms with van der Waals surface area (Å²) in [6, 6.07) is 11.7. The number of halogens is 1. The van der Waals surface area contributed by atoms with Crippen LogP contribution in [0.4, 0.5) is 5.69 Å². The lowest BCUT2D eigenvalue weighted by Crippen LogP contribution is -2.16. The number of fused-ring (bicyclic) bond motifs is 1. The van der Waals surface area contributed by atoms with Crippen LogP contribution in [0.3, 0.4) is 0 Å². The molecule has 0 spiro atoms. The van der Waals surface area contributed by atoms with Crippen LogP contribution in [0.5, 0.6) is 5.75 Å². The van der Waals surface area contributed by atoms with Crippen LogP contribution in [-0.2, 0) is 11.4 Å². The Morgan fingerprint density at radius 2 is 2.12 bits per heavy atom. The number of nitrogens with one attached hydrogen (secondary N) is 1. The zero-order valence-electron chi connectivity index (χ0n) is 12.8. The van der Waals surface area contributed by atoms with Gasteiger partial charge in [0.1, 0.15) is 18.0 Å². The van der Waals surface area contributed by atoms with E-state index in [1.807, 2.05) is 0 Å². The lowest BCUT2D eigenvalue weighted by Gasteiger charge is -2.09. The summed E-state index contributed by atoms with van der Waals surface area (Å²) in [4.78, 5) is 27.6. The first-order valence-electron chi connectivity index (χ1n) is 7.19. The second-order valence-corrected chi connectivity index (χ2v) is 5.60. The van der Waals surface area contributed by atoms with Gasteiger partial charge in [-0.25, -0.2) is 4.98 Å². The first kappa shape index (κ1) is 16.0. The maximum absolute atomic E-state index is 12.1. The van der Waals surface area contributed by atoms with Crippen molar-refractivity contribution >= 4 is 28.8 Å². The maximum atomic E-state index is 12.1. The Morgan fingerprint density at radius 3 is 2.92 bits per heavy atom. The Bertz CT molecular complexity index is 969. The van der Waals surface area contributed by atoms with Gasteiger partial charge in [-0.2, -0.15) is 0 Å². The number of rotatable bonds is 4. The van der Waals surface area contributed by atoms with Crippen molar-refractivity contribution in [3.8, 4) is 5.75 Å². The fraction of sp³-hybridized carbons (Fsp3) is 0.118. The van der Waals surface area contributed by atoms with Gasteiger partial charge >= 0.3 is 0 Å². The zero-order chi connectivity index (χ0) is 17.1.